The van der Waals surface area contributed by atoms with Crippen molar-refractivity contribution in [2.24, 2.45) is 0 Å². The van der Waals surface area contributed by atoms with Gasteiger partial charge in [-0.15, -0.1) is 0 Å². The molecule has 0 spiro atoms. The molecule has 3 heterocycles. The molecule has 6 N–H and O–H groups in total. The zero-order valence-corrected chi connectivity index (χ0v) is 18.1. The van der Waals surface area contributed by atoms with Crippen LogP contribution in [0.15, 0.2) is 29.3 Å². The quantitative estimate of drug-likeness (QED) is 0.286. The molecule has 0 radical (unpaired) electrons. The number of phenols is 3. The van der Waals surface area contributed by atoms with E-state index in [1.54, 1.807) is 4.57 Å². The maximum atomic E-state index is 12.2. The fourth-order valence-corrected chi connectivity index (χ4v) is 3.30. The van der Waals surface area contributed by atoms with Gasteiger partial charge in [-0.05, 0) is 19.1 Å². The summed E-state index contributed by atoms with van der Waals surface area (Å²) in [7, 11) is 0. The van der Waals surface area contributed by atoms with E-state index in [9.17, 15) is 14.4 Å². The third-order valence-corrected chi connectivity index (χ3v) is 5.09. The molecule has 34 heavy (non-hydrogen) atoms. The Morgan fingerprint density at radius 2 is 1.68 bits per heavy atom. The number of aromatic carboxylic acids is 2. The van der Waals surface area contributed by atoms with Crippen LogP contribution in [-0.2, 0) is 6.54 Å². The van der Waals surface area contributed by atoms with Gasteiger partial charge in [0.15, 0.2) is 17.2 Å². The van der Waals surface area contributed by atoms with Crippen molar-refractivity contribution >= 4 is 28.9 Å². The van der Waals surface area contributed by atoms with Crippen molar-refractivity contribution in [3.8, 4) is 17.2 Å². The second-order valence-electron chi connectivity index (χ2n) is 7.28. The highest BCUT2D eigenvalue weighted by molar-refractivity contribution is 5.91. The van der Waals surface area contributed by atoms with Crippen LogP contribution in [0, 0.1) is 0 Å². The Hall–Kier alpha value is -4.39. The zero-order valence-electron chi connectivity index (χ0n) is 18.1. The standard InChI is InChI=1S/C14H17N5O3.C7H6O5/c1-2-18-8-10(13(21)22)11(20)9-7-16-14(17-12(9)18)19-5-3-15-4-6-19;8-4-1-3(7(11)12)2-5(9)6(4)10/h7-8,15H,2-6H2,1H3,(H,21,22);1-2,8-10H,(H,11,12). The number of pyridine rings is 1. The number of hydrogen-bond donors (Lipinski definition) is 6. The Kier molecular flexibility index (Phi) is 7.16. The molecule has 13 heteroatoms. The summed E-state index contributed by atoms with van der Waals surface area (Å²) < 4.78 is 1.67. The topological polar surface area (TPSA) is 198 Å². The summed E-state index contributed by atoms with van der Waals surface area (Å²) in [5, 5.41) is 47.6. The zero-order chi connectivity index (χ0) is 25.0. The van der Waals surface area contributed by atoms with Crippen LogP contribution < -0.4 is 15.6 Å². The third kappa shape index (κ3) is 4.99. The first-order valence-corrected chi connectivity index (χ1v) is 10.2. The number of carboxylic acid groups (broad SMARTS) is 2. The van der Waals surface area contributed by atoms with Gasteiger partial charge in [-0.2, -0.15) is 4.98 Å². The SMILES string of the molecule is CCn1cc(C(=O)O)c(=O)c2cnc(N3CCNCC3)nc21.O=C(O)c1cc(O)c(O)c(O)c1. The Labute approximate surface area is 192 Å². The van der Waals surface area contributed by atoms with Gasteiger partial charge in [-0.3, -0.25) is 4.79 Å². The highest BCUT2D eigenvalue weighted by Gasteiger charge is 2.18. The minimum Gasteiger partial charge on any atom is -0.504 e. The summed E-state index contributed by atoms with van der Waals surface area (Å²) in [5.74, 6) is -4.00. The van der Waals surface area contributed by atoms with Crippen molar-refractivity contribution in [1.29, 1.82) is 0 Å². The monoisotopic (exact) mass is 473 g/mol. The van der Waals surface area contributed by atoms with E-state index >= 15 is 0 Å². The van der Waals surface area contributed by atoms with Crippen LogP contribution in [0.4, 0.5) is 5.95 Å². The Morgan fingerprint density at radius 1 is 1.06 bits per heavy atom. The summed E-state index contributed by atoms with van der Waals surface area (Å²) in [4.78, 5) is 44.5. The lowest BCUT2D eigenvalue weighted by atomic mass is 10.2. The van der Waals surface area contributed by atoms with Gasteiger partial charge in [0.2, 0.25) is 11.4 Å². The smallest absolute Gasteiger partial charge is 0.341 e. The minimum atomic E-state index is -1.29. The van der Waals surface area contributed by atoms with E-state index in [1.807, 2.05) is 11.8 Å². The summed E-state index contributed by atoms with van der Waals surface area (Å²) in [5.41, 5.74) is -0.615. The first-order valence-electron chi connectivity index (χ1n) is 10.2. The molecule has 1 fully saturated rings. The molecule has 0 saturated carbocycles. The number of nitrogens with one attached hydrogen (secondary N) is 1. The van der Waals surface area contributed by atoms with Crippen molar-refractivity contribution in [2.75, 3.05) is 31.1 Å². The lowest BCUT2D eigenvalue weighted by molar-refractivity contribution is 0.0684. The van der Waals surface area contributed by atoms with Crippen molar-refractivity contribution in [2.45, 2.75) is 13.5 Å². The molecule has 180 valence electrons. The Bertz CT molecular complexity index is 1280. The molecule has 0 unspecified atom stereocenters. The van der Waals surface area contributed by atoms with E-state index in [1.165, 1.54) is 12.4 Å². The van der Waals surface area contributed by atoms with Crippen molar-refractivity contribution < 1.29 is 35.1 Å². The van der Waals surface area contributed by atoms with E-state index in [0.717, 1.165) is 38.3 Å². The summed E-state index contributed by atoms with van der Waals surface area (Å²) >= 11 is 0. The van der Waals surface area contributed by atoms with E-state index < -0.39 is 34.6 Å². The van der Waals surface area contributed by atoms with Crippen LogP contribution in [0.25, 0.3) is 11.0 Å². The van der Waals surface area contributed by atoms with Crippen LogP contribution in [0.1, 0.15) is 27.6 Å². The number of carboxylic acids is 2. The second kappa shape index (κ2) is 10.0. The van der Waals surface area contributed by atoms with Crippen LogP contribution in [0.2, 0.25) is 0 Å². The van der Waals surface area contributed by atoms with Crippen molar-refractivity contribution in [3.05, 3.63) is 45.9 Å². The molecule has 1 saturated heterocycles. The number of nitrogens with zero attached hydrogens (tertiary/aromatic N) is 4. The summed E-state index contributed by atoms with van der Waals surface area (Å²) in [6.07, 6.45) is 2.78. The average molecular weight is 473 g/mol. The number of carbonyl (C=O) groups is 2. The molecule has 0 atom stereocenters. The fraction of sp³-hybridized carbons (Fsp3) is 0.286. The number of hydrogen-bond acceptors (Lipinski definition) is 10. The van der Waals surface area contributed by atoms with Gasteiger partial charge in [-0.25, -0.2) is 14.6 Å². The Morgan fingerprint density at radius 3 is 2.21 bits per heavy atom. The van der Waals surface area contributed by atoms with Crippen LogP contribution in [0.5, 0.6) is 17.2 Å². The molecule has 13 nitrogen and oxygen atoms in total. The fourth-order valence-electron chi connectivity index (χ4n) is 3.30. The highest BCUT2D eigenvalue weighted by Crippen LogP contribution is 2.35. The molecule has 1 aromatic carbocycles. The van der Waals surface area contributed by atoms with Gasteiger partial charge >= 0.3 is 11.9 Å². The largest absolute Gasteiger partial charge is 0.504 e. The maximum Gasteiger partial charge on any atom is 0.341 e. The number of fused-ring (bicyclic) bond motifs is 1. The number of benzene rings is 1. The molecule has 3 aromatic rings. The number of aromatic nitrogens is 3. The summed E-state index contributed by atoms with van der Waals surface area (Å²) in [6, 6.07) is 1.69. The molecule has 0 aliphatic carbocycles. The van der Waals surface area contributed by atoms with Gasteiger partial charge < -0.3 is 40.3 Å². The van der Waals surface area contributed by atoms with Crippen LogP contribution in [0.3, 0.4) is 0 Å². The van der Waals surface area contributed by atoms with E-state index in [2.05, 4.69) is 15.3 Å². The van der Waals surface area contributed by atoms with Gasteiger partial charge in [0, 0.05) is 45.1 Å². The number of phenolic OH excluding ortho intramolecular Hbond substituents is 3. The lowest BCUT2D eigenvalue weighted by Gasteiger charge is -2.27. The maximum absolute atomic E-state index is 12.2. The lowest BCUT2D eigenvalue weighted by Crippen LogP contribution is -2.44. The number of aryl methyl sites for hydroxylation is 1. The Balaban J connectivity index is 0.000000229. The normalized spacial score (nSPS) is 13.3. The van der Waals surface area contributed by atoms with Crippen molar-refractivity contribution in [1.82, 2.24) is 19.9 Å². The molecular formula is C21H23N5O8. The molecular weight excluding hydrogens is 450 g/mol. The molecule has 0 bridgehead atoms. The number of anilines is 1. The van der Waals surface area contributed by atoms with Gasteiger partial charge in [0.1, 0.15) is 11.2 Å². The second-order valence-corrected chi connectivity index (χ2v) is 7.28. The average Bonchev–Trinajstić information content (AvgIpc) is 2.83. The number of aromatic hydroxyl groups is 3. The van der Waals surface area contributed by atoms with E-state index in [-0.39, 0.29) is 16.5 Å². The molecule has 0 amide bonds. The van der Waals surface area contributed by atoms with Crippen molar-refractivity contribution in [3.63, 3.8) is 0 Å². The minimum absolute atomic E-state index is 0.237. The first-order chi connectivity index (χ1) is 16.1. The molecule has 1 aliphatic rings. The van der Waals surface area contributed by atoms with Crippen LogP contribution in [-0.4, -0.2) is 78.2 Å². The van der Waals surface area contributed by atoms with E-state index in [0.29, 0.717) is 18.1 Å². The molecule has 4 rings (SSSR count). The third-order valence-electron chi connectivity index (χ3n) is 5.09. The molecule has 2 aromatic heterocycles. The van der Waals surface area contributed by atoms with Gasteiger partial charge in [0.25, 0.3) is 0 Å². The van der Waals surface area contributed by atoms with Crippen LogP contribution >= 0.6 is 0 Å². The predicted molar refractivity (Wildman–Crippen MR) is 120 cm³/mol. The first kappa shape index (κ1) is 24.3. The number of piperazine rings is 1. The summed E-state index contributed by atoms with van der Waals surface area (Å²) in [6.45, 7) is 5.72. The predicted octanol–water partition coefficient (Wildman–Crippen LogP) is 0.421. The highest BCUT2D eigenvalue weighted by atomic mass is 16.4. The molecule has 1 aliphatic heterocycles. The number of rotatable bonds is 4. The van der Waals surface area contributed by atoms with Gasteiger partial charge in [-0.1, -0.05) is 0 Å². The van der Waals surface area contributed by atoms with Gasteiger partial charge in [0.05, 0.1) is 10.9 Å². The van der Waals surface area contributed by atoms with E-state index in [4.69, 9.17) is 25.5 Å².